The molecule has 1 amide bonds. The third kappa shape index (κ3) is 5.55. The van der Waals surface area contributed by atoms with Crippen molar-refractivity contribution in [2.24, 2.45) is 0 Å². The topological polar surface area (TPSA) is 97.0 Å². The van der Waals surface area contributed by atoms with E-state index < -0.39 is 18.0 Å². The van der Waals surface area contributed by atoms with Crippen molar-refractivity contribution < 1.29 is 14.3 Å². The molecule has 9 heteroatoms. The summed E-state index contributed by atoms with van der Waals surface area (Å²) in [7, 11) is 0. The molecule has 5 aromatic rings. The molecule has 0 spiro atoms. The first-order chi connectivity index (χ1) is 17.9. The van der Waals surface area contributed by atoms with E-state index in [1.807, 2.05) is 48.7 Å². The Balaban J connectivity index is 1.26. The number of aromatic nitrogens is 3. The van der Waals surface area contributed by atoms with Gasteiger partial charge in [0.1, 0.15) is 5.82 Å². The number of fused-ring (bicyclic) bond motifs is 1. The number of hydrogen-bond donors (Lipinski definition) is 2. The highest BCUT2D eigenvalue weighted by molar-refractivity contribution is 7.14. The first-order valence-electron chi connectivity index (χ1n) is 11.7. The maximum atomic E-state index is 12.9. The number of hydrogen-bond acceptors (Lipinski definition) is 6. The minimum absolute atomic E-state index is 0.316. The molecule has 0 aliphatic heterocycles. The SMILES string of the molecule is CCC(OC(=O)c1ccc2nc(-c3ccc(C)cc3)[nH]c2c1)C(=O)Nc1nc(-c2ccc(Cl)cc2)cs1. The molecule has 3 aromatic carbocycles. The number of ether oxygens (including phenoxy) is 1. The number of thiazole rings is 1. The van der Waals surface area contributed by atoms with Crippen LogP contribution in [0, 0.1) is 6.92 Å². The summed E-state index contributed by atoms with van der Waals surface area (Å²) in [5, 5.41) is 5.66. The molecule has 2 N–H and O–H groups in total. The molecule has 37 heavy (non-hydrogen) atoms. The number of amides is 1. The van der Waals surface area contributed by atoms with Gasteiger partial charge in [-0.1, -0.05) is 60.5 Å². The molecular weight excluding hydrogens is 508 g/mol. The summed E-state index contributed by atoms with van der Waals surface area (Å²) in [4.78, 5) is 38.1. The number of esters is 1. The van der Waals surface area contributed by atoms with Crippen LogP contribution in [0.3, 0.4) is 0 Å². The van der Waals surface area contributed by atoms with E-state index in [1.165, 1.54) is 11.3 Å². The lowest BCUT2D eigenvalue weighted by Gasteiger charge is -2.15. The van der Waals surface area contributed by atoms with Crippen LogP contribution >= 0.6 is 22.9 Å². The maximum absolute atomic E-state index is 12.9. The summed E-state index contributed by atoms with van der Waals surface area (Å²) >= 11 is 7.24. The molecule has 0 bridgehead atoms. The Bertz CT molecular complexity index is 1580. The fraction of sp³-hybridized carbons (Fsp3) is 0.143. The molecule has 5 rings (SSSR count). The molecule has 0 aliphatic rings. The second kappa shape index (κ2) is 10.5. The number of carbonyl (C=O) groups excluding carboxylic acids is 2. The second-order valence-corrected chi connectivity index (χ2v) is 9.81. The summed E-state index contributed by atoms with van der Waals surface area (Å²) in [6, 6.07) is 20.4. The number of anilines is 1. The fourth-order valence-electron chi connectivity index (χ4n) is 3.77. The van der Waals surface area contributed by atoms with Crippen molar-refractivity contribution in [3.63, 3.8) is 0 Å². The molecule has 0 saturated heterocycles. The average Bonchev–Trinajstić information content (AvgIpc) is 3.54. The summed E-state index contributed by atoms with van der Waals surface area (Å²) in [5.41, 5.74) is 5.50. The third-order valence-corrected chi connectivity index (χ3v) is 6.84. The molecule has 0 aliphatic carbocycles. The fourth-order valence-corrected chi connectivity index (χ4v) is 4.62. The van der Waals surface area contributed by atoms with Gasteiger partial charge in [-0.05, 0) is 43.7 Å². The summed E-state index contributed by atoms with van der Waals surface area (Å²) in [5.74, 6) is -0.304. The first kappa shape index (κ1) is 24.7. The summed E-state index contributed by atoms with van der Waals surface area (Å²) in [6.45, 7) is 3.81. The van der Waals surface area contributed by atoms with Gasteiger partial charge in [-0.2, -0.15) is 0 Å². The predicted molar refractivity (Wildman–Crippen MR) is 147 cm³/mol. The number of aryl methyl sites for hydroxylation is 1. The van der Waals surface area contributed by atoms with E-state index >= 15 is 0 Å². The summed E-state index contributed by atoms with van der Waals surface area (Å²) < 4.78 is 5.55. The quantitative estimate of drug-likeness (QED) is 0.223. The van der Waals surface area contributed by atoms with Crippen molar-refractivity contribution in [2.75, 3.05) is 5.32 Å². The molecule has 7 nitrogen and oxygen atoms in total. The van der Waals surface area contributed by atoms with Gasteiger partial charge in [0, 0.05) is 21.5 Å². The number of aromatic amines is 1. The molecule has 186 valence electrons. The van der Waals surface area contributed by atoms with Crippen LogP contribution in [-0.2, 0) is 9.53 Å². The highest BCUT2D eigenvalue weighted by Gasteiger charge is 2.23. The van der Waals surface area contributed by atoms with E-state index in [-0.39, 0.29) is 0 Å². The van der Waals surface area contributed by atoms with E-state index in [0.717, 1.165) is 27.9 Å². The molecule has 2 aromatic heterocycles. The Morgan fingerprint density at radius 1 is 1.03 bits per heavy atom. The zero-order valence-electron chi connectivity index (χ0n) is 20.1. The van der Waals surface area contributed by atoms with Gasteiger partial charge in [0.25, 0.3) is 5.91 Å². The van der Waals surface area contributed by atoms with Crippen LogP contribution < -0.4 is 5.32 Å². The molecule has 1 unspecified atom stereocenters. The highest BCUT2D eigenvalue weighted by Crippen LogP contribution is 2.27. The first-order valence-corrected chi connectivity index (χ1v) is 13.0. The van der Waals surface area contributed by atoms with E-state index in [1.54, 1.807) is 37.3 Å². The Kier molecular flexibility index (Phi) is 7.03. The molecule has 1 atom stereocenters. The lowest BCUT2D eigenvalue weighted by molar-refractivity contribution is -0.124. The van der Waals surface area contributed by atoms with E-state index in [2.05, 4.69) is 20.3 Å². The van der Waals surface area contributed by atoms with Crippen LogP contribution in [0.5, 0.6) is 0 Å². The van der Waals surface area contributed by atoms with Gasteiger partial charge < -0.3 is 9.72 Å². The van der Waals surface area contributed by atoms with Crippen LogP contribution in [0.15, 0.2) is 72.1 Å². The van der Waals surface area contributed by atoms with Crippen LogP contribution in [0.1, 0.15) is 29.3 Å². The maximum Gasteiger partial charge on any atom is 0.338 e. The third-order valence-electron chi connectivity index (χ3n) is 5.83. The minimum Gasteiger partial charge on any atom is -0.449 e. The van der Waals surface area contributed by atoms with Crippen LogP contribution in [0.25, 0.3) is 33.7 Å². The number of benzene rings is 3. The van der Waals surface area contributed by atoms with Gasteiger partial charge in [-0.3, -0.25) is 10.1 Å². The predicted octanol–water partition coefficient (Wildman–Crippen LogP) is 6.89. The minimum atomic E-state index is -0.962. The Labute approximate surface area is 222 Å². The number of rotatable bonds is 7. The monoisotopic (exact) mass is 530 g/mol. The molecule has 0 saturated carbocycles. The lowest BCUT2D eigenvalue weighted by Crippen LogP contribution is -2.32. The zero-order valence-corrected chi connectivity index (χ0v) is 21.7. The number of carbonyl (C=O) groups is 2. The smallest absolute Gasteiger partial charge is 0.338 e. The highest BCUT2D eigenvalue weighted by atomic mass is 35.5. The van der Waals surface area contributed by atoms with Crippen molar-refractivity contribution in [2.45, 2.75) is 26.4 Å². The second-order valence-electron chi connectivity index (χ2n) is 8.52. The average molecular weight is 531 g/mol. The molecule has 0 radical (unpaired) electrons. The number of imidazole rings is 1. The molecular formula is C28H23ClN4O3S. The Hall–Kier alpha value is -4.01. The number of halogens is 1. The standard InChI is InChI=1S/C28H23ClN4O3S/c1-3-24(26(34)33-28-32-23(15-37-28)17-8-11-20(29)12-9-17)36-27(35)19-10-13-21-22(14-19)31-25(30-21)18-6-4-16(2)5-7-18/h4-15,24H,3H2,1-2H3,(H,30,31)(H,32,33,34). The van der Waals surface area contributed by atoms with Crippen LogP contribution in [0.2, 0.25) is 5.02 Å². The van der Waals surface area contributed by atoms with Crippen molar-refractivity contribution in [1.82, 2.24) is 15.0 Å². The lowest BCUT2D eigenvalue weighted by atomic mass is 10.1. The van der Waals surface area contributed by atoms with Gasteiger partial charge in [-0.25, -0.2) is 14.8 Å². The van der Waals surface area contributed by atoms with E-state index in [9.17, 15) is 9.59 Å². The van der Waals surface area contributed by atoms with Gasteiger partial charge in [0.15, 0.2) is 11.2 Å². The van der Waals surface area contributed by atoms with E-state index in [0.29, 0.717) is 33.5 Å². The van der Waals surface area contributed by atoms with Gasteiger partial charge >= 0.3 is 5.97 Å². The zero-order chi connectivity index (χ0) is 25.9. The summed E-state index contributed by atoms with van der Waals surface area (Å²) in [6.07, 6.45) is -0.646. The van der Waals surface area contributed by atoms with Crippen molar-refractivity contribution in [3.8, 4) is 22.6 Å². The van der Waals surface area contributed by atoms with Gasteiger partial charge in [0.2, 0.25) is 0 Å². The molecule has 2 heterocycles. The normalized spacial score (nSPS) is 11.9. The number of H-pyrrole nitrogens is 1. The van der Waals surface area contributed by atoms with Crippen molar-refractivity contribution in [3.05, 3.63) is 88.3 Å². The molecule has 0 fully saturated rings. The van der Waals surface area contributed by atoms with Crippen LogP contribution in [-0.4, -0.2) is 32.9 Å². The van der Waals surface area contributed by atoms with E-state index in [4.69, 9.17) is 16.3 Å². The largest absolute Gasteiger partial charge is 0.449 e. The number of nitrogens with one attached hydrogen (secondary N) is 2. The van der Waals surface area contributed by atoms with Crippen molar-refractivity contribution >= 4 is 51.0 Å². The Morgan fingerprint density at radius 2 is 1.76 bits per heavy atom. The number of nitrogens with zero attached hydrogens (tertiary/aromatic N) is 2. The van der Waals surface area contributed by atoms with Crippen LogP contribution in [0.4, 0.5) is 5.13 Å². The Morgan fingerprint density at radius 3 is 2.49 bits per heavy atom. The van der Waals surface area contributed by atoms with Gasteiger partial charge in [0.05, 0.1) is 22.3 Å². The van der Waals surface area contributed by atoms with Crippen molar-refractivity contribution in [1.29, 1.82) is 0 Å². The van der Waals surface area contributed by atoms with Gasteiger partial charge in [-0.15, -0.1) is 11.3 Å².